The molecule has 0 aliphatic carbocycles. The van der Waals surface area contributed by atoms with E-state index < -0.39 is 15.8 Å². The number of hydrogen-bond donors (Lipinski definition) is 1. The zero-order valence-corrected chi connectivity index (χ0v) is 16.2. The highest BCUT2D eigenvalue weighted by Crippen LogP contribution is 2.25. The summed E-state index contributed by atoms with van der Waals surface area (Å²) in [6, 6.07) is 10.9. The lowest BCUT2D eigenvalue weighted by Crippen LogP contribution is -2.39. The Balaban J connectivity index is 1.72. The Morgan fingerprint density at radius 1 is 1.19 bits per heavy atom. The van der Waals surface area contributed by atoms with Gasteiger partial charge in [-0.1, -0.05) is 30.7 Å². The molecule has 0 radical (unpaired) electrons. The van der Waals surface area contributed by atoms with Crippen molar-refractivity contribution >= 4 is 21.6 Å². The van der Waals surface area contributed by atoms with Crippen LogP contribution < -0.4 is 4.72 Å². The molecule has 0 amide bonds. The van der Waals surface area contributed by atoms with E-state index in [4.69, 9.17) is 11.6 Å². The predicted molar refractivity (Wildman–Crippen MR) is 102 cm³/mol. The maximum Gasteiger partial charge on any atom is 0.240 e. The molecule has 0 bridgehead atoms. The first kappa shape index (κ1) is 19.3. The molecular formula is C19H22ClFN2O2S. The predicted octanol–water partition coefficient (Wildman–Crippen LogP) is 3.91. The summed E-state index contributed by atoms with van der Waals surface area (Å²) in [5, 5.41) is 0.301. The lowest BCUT2D eigenvalue weighted by Gasteiger charge is -2.22. The first-order valence-electron chi connectivity index (χ1n) is 8.69. The van der Waals surface area contributed by atoms with Gasteiger partial charge in [-0.3, -0.25) is 4.90 Å². The molecule has 0 aromatic heterocycles. The molecule has 1 aliphatic heterocycles. The molecule has 7 heteroatoms. The third-order valence-electron chi connectivity index (χ3n) is 4.77. The molecule has 1 aliphatic rings. The quantitative estimate of drug-likeness (QED) is 0.805. The van der Waals surface area contributed by atoms with Crippen molar-refractivity contribution < 1.29 is 12.8 Å². The zero-order valence-electron chi connectivity index (χ0n) is 14.6. The van der Waals surface area contributed by atoms with Gasteiger partial charge in [0, 0.05) is 17.6 Å². The number of likely N-dealkylation sites (N-methyl/N-ethyl adjacent to an activating group) is 1. The lowest BCUT2D eigenvalue weighted by atomic mass is 10.1. The zero-order chi connectivity index (χ0) is 18.7. The Labute approximate surface area is 159 Å². The summed E-state index contributed by atoms with van der Waals surface area (Å²) < 4.78 is 41.3. The van der Waals surface area contributed by atoms with Crippen molar-refractivity contribution in [3.05, 3.63) is 53.3 Å². The van der Waals surface area contributed by atoms with Gasteiger partial charge in [-0.05, 0) is 67.4 Å². The van der Waals surface area contributed by atoms with E-state index in [0.717, 1.165) is 25.9 Å². The number of halogens is 2. The van der Waals surface area contributed by atoms with E-state index in [1.165, 1.54) is 24.3 Å². The minimum Gasteiger partial charge on any atom is -0.299 e. The minimum absolute atomic E-state index is 0.199. The van der Waals surface area contributed by atoms with Crippen LogP contribution in [0.2, 0.25) is 5.02 Å². The Bertz CT molecular complexity index is 851. The monoisotopic (exact) mass is 396 g/mol. The van der Waals surface area contributed by atoms with Gasteiger partial charge in [0.05, 0.1) is 4.90 Å². The first-order chi connectivity index (χ1) is 12.4. The van der Waals surface area contributed by atoms with Crippen LogP contribution in [0.4, 0.5) is 4.39 Å². The molecule has 140 valence electrons. The van der Waals surface area contributed by atoms with E-state index >= 15 is 0 Å². The number of nitrogens with one attached hydrogen (secondary N) is 1. The Morgan fingerprint density at radius 2 is 1.92 bits per heavy atom. The molecule has 4 nitrogen and oxygen atoms in total. The molecule has 1 fully saturated rings. The van der Waals surface area contributed by atoms with Crippen molar-refractivity contribution in [2.24, 2.45) is 0 Å². The summed E-state index contributed by atoms with van der Waals surface area (Å²) >= 11 is 5.88. The van der Waals surface area contributed by atoms with Crippen molar-refractivity contribution in [3.8, 4) is 11.1 Å². The molecule has 1 atom stereocenters. The SMILES string of the molecule is CCN1CCCC1CNS(=O)(=O)c1ccc(-c2cc(F)cc(Cl)c2)cc1. The number of sulfonamides is 1. The van der Waals surface area contributed by atoms with Crippen molar-refractivity contribution in [1.82, 2.24) is 9.62 Å². The maximum atomic E-state index is 13.5. The van der Waals surface area contributed by atoms with Crippen molar-refractivity contribution in [3.63, 3.8) is 0 Å². The molecule has 26 heavy (non-hydrogen) atoms. The first-order valence-corrected chi connectivity index (χ1v) is 10.6. The number of likely N-dealkylation sites (tertiary alicyclic amines) is 1. The van der Waals surface area contributed by atoms with Crippen molar-refractivity contribution in [2.45, 2.75) is 30.7 Å². The van der Waals surface area contributed by atoms with Gasteiger partial charge in [-0.15, -0.1) is 0 Å². The van der Waals surface area contributed by atoms with Gasteiger partial charge in [0.1, 0.15) is 5.82 Å². The Morgan fingerprint density at radius 3 is 2.58 bits per heavy atom. The van der Waals surface area contributed by atoms with E-state index in [9.17, 15) is 12.8 Å². The van der Waals surface area contributed by atoms with Gasteiger partial charge >= 0.3 is 0 Å². The summed E-state index contributed by atoms with van der Waals surface area (Å²) in [6.45, 7) is 4.45. The molecular weight excluding hydrogens is 375 g/mol. The van der Waals surface area contributed by atoms with Gasteiger partial charge in [0.2, 0.25) is 10.0 Å². The third kappa shape index (κ3) is 4.43. The maximum absolute atomic E-state index is 13.5. The highest BCUT2D eigenvalue weighted by Gasteiger charge is 2.25. The lowest BCUT2D eigenvalue weighted by molar-refractivity contribution is 0.268. The topological polar surface area (TPSA) is 49.4 Å². The van der Waals surface area contributed by atoms with Gasteiger partial charge in [-0.25, -0.2) is 17.5 Å². The number of rotatable bonds is 6. The average molecular weight is 397 g/mol. The van der Waals surface area contributed by atoms with E-state index in [1.807, 2.05) is 0 Å². The van der Waals surface area contributed by atoms with E-state index in [2.05, 4.69) is 16.5 Å². The molecule has 1 N–H and O–H groups in total. The average Bonchev–Trinajstić information content (AvgIpc) is 3.07. The second-order valence-corrected chi connectivity index (χ2v) is 8.66. The Hall–Kier alpha value is -1.47. The van der Waals surface area contributed by atoms with Gasteiger partial charge in [-0.2, -0.15) is 0 Å². The van der Waals surface area contributed by atoms with Crippen LogP contribution in [0.5, 0.6) is 0 Å². The molecule has 0 saturated carbocycles. The summed E-state index contributed by atoms with van der Waals surface area (Å²) in [4.78, 5) is 2.49. The van der Waals surface area contributed by atoms with Crippen LogP contribution in [0.3, 0.4) is 0 Å². The van der Waals surface area contributed by atoms with Crippen molar-refractivity contribution in [1.29, 1.82) is 0 Å². The molecule has 2 aromatic rings. The third-order valence-corrected chi connectivity index (χ3v) is 6.43. The van der Waals surface area contributed by atoms with Crippen LogP contribution in [0.25, 0.3) is 11.1 Å². The van der Waals surface area contributed by atoms with Crippen LogP contribution in [0.15, 0.2) is 47.4 Å². The molecule has 0 spiro atoms. The summed E-state index contributed by atoms with van der Waals surface area (Å²) in [7, 11) is -3.57. The molecule has 2 aromatic carbocycles. The number of nitrogens with zero attached hydrogens (tertiary/aromatic N) is 1. The van der Waals surface area contributed by atoms with Gasteiger partial charge in [0.15, 0.2) is 0 Å². The molecule has 1 heterocycles. The molecule has 3 rings (SSSR count). The normalized spacial score (nSPS) is 18.3. The standard InChI is InChI=1S/C19H22ClFN2O2S/c1-2-23-9-3-4-18(23)13-22-26(24,25)19-7-5-14(6-8-19)15-10-16(20)12-17(21)11-15/h5-8,10-12,18,22H,2-4,9,13H2,1H3. The van der Waals surface area contributed by atoms with Gasteiger partial charge in [0.25, 0.3) is 0 Å². The van der Waals surface area contributed by atoms with Crippen LogP contribution >= 0.6 is 11.6 Å². The van der Waals surface area contributed by atoms with Crippen molar-refractivity contribution in [2.75, 3.05) is 19.6 Å². The summed E-state index contributed by atoms with van der Waals surface area (Å²) in [6.07, 6.45) is 2.11. The Kier molecular flexibility index (Phi) is 5.97. The fourth-order valence-electron chi connectivity index (χ4n) is 3.38. The summed E-state index contributed by atoms with van der Waals surface area (Å²) in [5.74, 6) is -0.428. The minimum atomic E-state index is -3.57. The second-order valence-electron chi connectivity index (χ2n) is 6.46. The largest absolute Gasteiger partial charge is 0.299 e. The highest BCUT2D eigenvalue weighted by molar-refractivity contribution is 7.89. The van der Waals surface area contributed by atoms with E-state index in [1.54, 1.807) is 18.2 Å². The highest BCUT2D eigenvalue weighted by atomic mass is 35.5. The van der Waals surface area contributed by atoms with Crippen LogP contribution in [-0.4, -0.2) is 39.0 Å². The number of benzene rings is 2. The fraction of sp³-hybridized carbons (Fsp3) is 0.368. The molecule has 1 unspecified atom stereocenters. The van der Waals surface area contributed by atoms with Crippen LogP contribution in [-0.2, 0) is 10.0 Å². The fourth-order valence-corrected chi connectivity index (χ4v) is 4.67. The van der Waals surface area contributed by atoms with E-state index in [0.29, 0.717) is 22.7 Å². The second kappa shape index (κ2) is 8.05. The van der Waals surface area contributed by atoms with Crippen LogP contribution in [0.1, 0.15) is 19.8 Å². The van der Waals surface area contributed by atoms with Gasteiger partial charge < -0.3 is 0 Å². The smallest absolute Gasteiger partial charge is 0.240 e. The van der Waals surface area contributed by atoms with Crippen LogP contribution in [0, 0.1) is 5.82 Å². The van der Waals surface area contributed by atoms with E-state index in [-0.39, 0.29) is 10.9 Å². The molecule has 1 saturated heterocycles. The summed E-state index contributed by atoms with van der Waals surface area (Å²) in [5.41, 5.74) is 1.31. The number of hydrogen-bond acceptors (Lipinski definition) is 3.